The topological polar surface area (TPSA) is 85.1 Å². The van der Waals surface area contributed by atoms with Crippen LogP contribution in [0.1, 0.15) is 10.4 Å². The molecule has 2 rings (SSSR count). The zero-order valence-corrected chi connectivity index (χ0v) is 9.54. The number of aromatic nitrogens is 1. The number of nitrogens with zero attached hydrogens (tertiary/aromatic N) is 2. The van der Waals surface area contributed by atoms with Gasteiger partial charge in [-0.15, -0.1) is 0 Å². The SMILES string of the molecule is O=C(Nc1cccnc1)c1ccc(F)cc1[N+](=O)[O-]. The Hall–Kier alpha value is -2.83. The van der Waals surface area contributed by atoms with Crippen LogP contribution in [0.4, 0.5) is 15.8 Å². The minimum Gasteiger partial charge on any atom is -0.320 e. The van der Waals surface area contributed by atoms with Crippen molar-refractivity contribution in [3.63, 3.8) is 0 Å². The second kappa shape index (κ2) is 5.21. The van der Waals surface area contributed by atoms with Crippen LogP contribution >= 0.6 is 0 Å². The van der Waals surface area contributed by atoms with Crippen LogP contribution < -0.4 is 5.32 Å². The number of amides is 1. The molecule has 0 spiro atoms. The van der Waals surface area contributed by atoms with Gasteiger partial charge in [0.25, 0.3) is 11.6 Å². The average Bonchev–Trinajstić information content (AvgIpc) is 2.39. The van der Waals surface area contributed by atoms with Crippen LogP contribution in [0.3, 0.4) is 0 Å². The highest BCUT2D eigenvalue weighted by Gasteiger charge is 2.20. The molecule has 1 aromatic heterocycles. The normalized spacial score (nSPS) is 9.95. The van der Waals surface area contributed by atoms with E-state index in [1.54, 1.807) is 12.1 Å². The molecule has 1 amide bonds. The standard InChI is InChI=1S/C12H8FN3O3/c13-8-3-4-10(11(6-8)16(18)19)12(17)15-9-2-1-5-14-7-9/h1-7H,(H,15,17). The van der Waals surface area contributed by atoms with Gasteiger partial charge in [-0.05, 0) is 24.3 Å². The molecule has 6 nitrogen and oxygen atoms in total. The highest BCUT2D eigenvalue weighted by molar-refractivity contribution is 6.06. The fraction of sp³-hybridized carbons (Fsp3) is 0. The molecule has 0 aliphatic carbocycles. The van der Waals surface area contributed by atoms with Crippen LogP contribution in [0.15, 0.2) is 42.7 Å². The van der Waals surface area contributed by atoms with Crippen molar-refractivity contribution in [3.8, 4) is 0 Å². The zero-order chi connectivity index (χ0) is 13.8. The average molecular weight is 261 g/mol. The lowest BCUT2D eigenvalue weighted by Crippen LogP contribution is -2.14. The zero-order valence-electron chi connectivity index (χ0n) is 9.54. The lowest BCUT2D eigenvalue weighted by Gasteiger charge is -2.05. The van der Waals surface area contributed by atoms with Gasteiger partial charge in [0.1, 0.15) is 11.4 Å². The maximum atomic E-state index is 13.0. The number of carbonyl (C=O) groups is 1. The van der Waals surface area contributed by atoms with E-state index in [4.69, 9.17) is 0 Å². The third-order valence-corrected chi connectivity index (χ3v) is 2.32. The summed E-state index contributed by atoms with van der Waals surface area (Å²) in [5.74, 6) is -1.47. The molecule has 96 valence electrons. The molecular formula is C12H8FN3O3. The van der Waals surface area contributed by atoms with Crippen molar-refractivity contribution >= 4 is 17.3 Å². The monoisotopic (exact) mass is 261 g/mol. The number of nitro groups is 1. The van der Waals surface area contributed by atoms with E-state index < -0.39 is 22.3 Å². The third kappa shape index (κ3) is 2.89. The first-order valence-corrected chi connectivity index (χ1v) is 5.23. The van der Waals surface area contributed by atoms with Crippen molar-refractivity contribution in [2.75, 3.05) is 5.32 Å². The van der Waals surface area contributed by atoms with E-state index in [2.05, 4.69) is 10.3 Å². The minimum absolute atomic E-state index is 0.213. The molecule has 0 aliphatic rings. The summed E-state index contributed by atoms with van der Waals surface area (Å²) in [6, 6.07) is 5.96. The summed E-state index contributed by atoms with van der Waals surface area (Å²) in [5, 5.41) is 13.2. The number of carbonyl (C=O) groups excluding carboxylic acids is 1. The van der Waals surface area contributed by atoms with Crippen molar-refractivity contribution in [1.29, 1.82) is 0 Å². The summed E-state index contributed by atoms with van der Waals surface area (Å²) in [6.45, 7) is 0. The second-order valence-corrected chi connectivity index (χ2v) is 3.61. The molecule has 7 heteroatoms. The fourth-order valence-corrected chi connectivity index (χ4v) is 1.48. The van der Waals surface area contributed by atoms with Crippen LogP contribution in [0.25, 0.3) is 0 Å². The Morgan fingerprint density at radius 3 is 2.79 bits per heavy atom. The van der Waals surface area contributed by atoms with Gasteiger partial charge in [-0.1, -0.05) is 0 Å². The summed E-state index contributed by atoms with van der Waals surface area (Å²) >= 11 is 0. The van der Waals surface area contributed by atoms with Crippen molar-refractivity contribution in [2.24, 2.45) is 0 Å². The van der Waals surface area contributed by atoms with Crippen LogP contribution in [0.5, 0.6) is 0 Å². The Morgan fingerprint density at radius 2 is 2.16 bits per heavy atom. The maximum Gasteiger partial charge on any atom is 0.285 e. The molecule has 0 fully saturated rings. The van der Waals surface area contributed by atoms with Crippen molar-refractivity contribution in [2.45, 2.75) is 0 Å². The smallest absolute Gasteiger partial charge is 0.285 e. The Bertz CT molecular complexity index is 631. The molecule has 0 bridgehead atoms. The number of benzene rings is 1. The Kier molecular flexibility index (Phi) is 3.46. The number of nitrogens with one attached hydrogen (secondary N) is 1. The first kappa shape index (κ1) is 12.6. The lowest BCUT2D eigenvalue weighted by atomic mass is 10.1. The van der Waals surface area contributed by atoms with Crippen LogP contribution in [0.2, 0.25) is 0 Å². The van der Waals surface area contributed by atoms with E-state index in [0.29, 0.717) is 11.8 Å². The predicted molar refractivity (Wildman–Crippen MR) is 65.2 cm³/mol. The summed E-state index contributed by atoms with van der Waals surface area (Å²) in [4.78, 5) is 25.7. The van der Waals surface area contributed by atoms with Crippen molar-refractivity contribution in [1.82, 2.24) is 4.98 Å². The van der Waals surface area contributed by atoms with Crippen molar-refractivity contribution in [3.05, 3.63) is 64.2 Å². The molecule has 0 unspecified atom stereocenters. The Morgan fingerprint density at radius 1 is 1.37 bits per heavy atom. The lowest BCUT2D eigenvalue weighted by molar-refractivity contribution is -0.385. The van der Waals surface area contributed by atoms with Gasteiger partial charge in [0.2, 0.25) is 0 Å². The molecule has 0 saturated heterocycles. The minimum atomic E-state index is -0.804. The number of hydrogen-bond donors (Lipinski definition) is 1. The quantitative estimate of drug-likeness (QED) is 0.679. The molecule has 0 saturated carbocycles. The summed E-state index contributed by atoms with van der Waals surface area (Å²) in [6.07, 6.45) is 2.92. The highest BCUT2D eigenvalue weighted by Crippen LogP contribution is 2.20. The van der Waals surface area contributed by atoms with Gasteiger partial charge in [0.15, 0.2) is 0 Å². The molecule has 0 radical (unpaired) electrons. The molecular weight excluding hydrogens is 253 g/mol. The Labute approximate surface area is 107 Å². The number of anilines is 1. The summed E-state index contributed by atoms with van der Waals surface area (Å²) in [7, 11) is 0. The second-order valence-electron chi connectivity index (χ2n) is 3.61. The number of nitro benzene ring substituents is 1. The van der Waals surface area contributed by atoms with E-state index in [0.717, 1.165) is 12.1 Å². The summed E-state index contributed by atoms with van der Waals surface area (Å²) in [5.41, 5.74) is -0.400. The van der Waals surface area contributed by atoms with Gasteiger partial charge >= 0.3 is 0 Å². The van der Waals surface area contributed by atoms with Gasteiger partial charge < -0.3 is 5.32 Å². The van der Waals surface area contributed by atoms with E-state index in [9.17, 15) is 19.3 Å². The molecule has 0 atom stereocenters. The number of rotatable bonds is 3. The van der Waals surface area contributed by atoms with Crippen LogP contribution in [-0.2, 0) is 0 Å². The van der Waals surface area contributed by atoms with E-state index in [1.807, 2.05) is 0 Å². The van der Waals surface area contributed by atoms with Gasteiger partial charge in [-0.25, -0.2) is 4.39 Å². The molecule has 1 N–H and O–H groups in total. The van der Waals surface area contributed by atoms with E-state index in [-0.39, 0.29) is 5.56 Å². The van der Waals surface area contributed by atoms with Crippen LogP contribution in [-0.4, -0.2) is 15.8 Å². The fourth-order valence-electron chi connectivity index (χ4n) is 1.48. The van der Waals surface area contributed by atoms with Gasteiger partial charge in [0.05, 0.1) is 22.9 Å². The van der Waals surface area contributed by atoms with Gasteiger partial charge in [-0.2, -0.15) is 0 Å². The predicted octanol–water partition coefficient (Wildman–Crippen LogP) is 2.38. The van der Waals surface area contributed by atoms with Gasteiger partial charge in [-0.3, -0.25) is 19.9 Å². The Balaban J connectivity index is 2.31. The molecule has 0 aliphatic heterocycles. The molecule has 2 aromatic rings. The van der Waals surface area contributed by atoms with Crippen LogP contribution in [0, 0.1) is 15.9 Å². The first-order valence-electron chi connectivity index (χ1n) is 5.23. The highest BCUT2D eigenvalue weighted by atomic mass is 19.1. The third-order valence-electron chi connectivity index (χ3n) is 2.32. The van der Waals surface area contributed by atoms with E-state index in [1.165, 1.54) is 12.4 Å². The maximum absolute atomic E-state index is 13.0. The molecule has 1 aromatic carbocycles. The van der Waals surface area contributed by atoms with E-state index >= 15 is 0 Å². The summed E-state index contributed by atoms with van der Waals surface area (Å²) < 4.78 is 13.0. The molecule has 1 heterocycles. The largest absolute Gasteiger partial charge is 0.320 e. The van der Waals surface area contributed by atoms with Crippen molar-refractivity contribution < 1.29 is 14.1 Å². The van der Waals surface area contributed by atoms with Gasteiger partial charge in [0, 0.05) is 6.20 Å². The first-order chi connectivity index (χ1) is 9.08. The molecule has 19 heavy (non-hydrogen) atoms. The number of hydrogen-bond acceptors (Lipinski definition) is 4. The number of halogens is 1. The number of pyridine rings is 1.